The molecule has 0 saturated carbocycles. The van der Waals surface area contributed by atoms with Crippen LogP contribution in [0.2, 0.25) is 0 Å². The quantitative estimate of drug-likeness (QED) is 0.271. The normalized spacial score (nSPS) is 25.7. The van der Waals surface area contributed by atoms with Gasteiger partial charge in [-0.2, -0.15) is 0 Å². The van der Waals surface area contributed by atoms with Crippen molar-refractivity contribution in [2.45, 2.75) is 52.6 Å². The van der Waals surface area contributed by atoms with E-state index >= 15 is 0 Å². The zero-order valence-electron chi connectivity index (χ0n) is 22.0. The van der Waals surface area contributed by atoms with Crippen molar-refractivity contribution >= 4 is 23.5 Å². The number of benzene rings is 2. The van der Waals surface area contributed by atoms with Gasteiger partial charge in [0.1, 0.15) is 5.75 Å². The molecule has 5 rings (SSSR count). The average molecular weight is 500 g/mol. The maximum Gasteiger partial charge on any atom is 0.233 e. The number of fused-ring (bicyclic) bond motifs is 3. The molecule has 0 spiro atoms. The molecule has 194 valence electrons. The zero-order valence-corrected chi connectivity index (χ0v) is 22.0. The van der Waals surface area contributed by atoms with Crippen LogP contribution < -0.4 is 0 Å². The van der Waals surface area contributed by atoms with Crippen molar-refractivity contribution in [3.05, 3.63) is 76.9 Å². The second kappa shape index (κ2) is 10.7. The largest absolute Gasteiger partial charge is 0.508 e. The molecule has 0 radical (unpaired) electrons. The number of carbonyl (C=O) groups is 2. The molecule has 1 N–H and O–H groups in total. The Kier molecular flexibility index (Phi) is 7.34. The molecule has 2 aliphatic heterocycles. The topological polar surface area (TPSA) is 66.8 Å². The molecule has 0 bridgehead atoms. The first-order chi connectivity index (χ1) is 17.9. The van der Waals surface area contributed by atoms with Gasteiger partial charge >= 0.3 is 0 Å². The Balaban J connectivity index is 1.43. The van der Waals surface area contributed by atoms with E-state index in [-0.39, 0.29) is 41.4 Å². The lowest BCUT2D eigenvalue weighted by atomic mass is 9.67. The van der Waals surface area contributed by atoms with E-state index in [0.717, 1.165) is 30.4 Å². The molecule has 4 atom stereocenters. The minimum atomic E-state index is -0.280. The third kappa shape index (κ3) is 4.89. The SMILES string of the molecule is CCCN1C(=O)[C@@H]2[C@@H](CC(C(C)C)=C3[C@@H](CC/C(=C/c4cccc(O)c4)c4ccccc4)OC[C@@H]32)C1=O. The molecule has 2 heterocycles. The van der Waals surface area contributed by atoms with E-state index in [4.69, 9.17) is 4.74 Å². The van der Waals surface area contributed by atoms with Crippen molar-refractivity contribution in [1.29, 1.82) is 0 Å². The summed E-state index contributed by atoms with van der Waals surface area (Å²) in [5.41, 5.74) is 5.87. The molecule has 0 aromatic heterocycles. The van der Waals surface area contributed by atoms with E-state index in [2.05, 4.69) is 32.1 Å². The molecule has 1 aliphatic carbocycles. The van der Waals surface area contributed by atoms with Crippen LogP contribution in [0.25, 0.3) is 11.6 Å². The van der Waals surface area contributed by atoms with Crippen LogP contribution in [-0.4, -0.2) is 41.1 Å². The van der Waals surface area contributed by atoms with Crippen LogP contribution in [0, 0.1) is 23.7 Å². The Morgan fingerprint density at radius 1 is 1.08 bits per heavy atom. The predicted molar refractivity (Wildman–Crippen MR) is 145 cm³/mol. The van der Waals surface area contributed by atoms with Gasteiger partial charge in [-0.05, 0) is 66.0 Å². The van der Waals surface area contributed by atoms with Crippen LogP contribution in [0.1, 0.15) is 57.6 Å². The minimum Gasteiger partial charge on any atom is -0.508 e. The van der Waals surface area contributed by atoms with Crippen molar-refractivity contribution in [3.8, 4) is 5.75 Å². The molecule has 37 heavy (non-hydrogen) atoms. The van der Waals surface area contributed by atoms with Gasteiger partial charge in [0, 0.05) is 12.5 Å². The lowest BCUT2D eigenvalue weighted by molar-refractivity contribution is -0.140. The smallest absolute Gasteiger partial charge is 0.233 e. The van der Waals surface area contributed by atoms with Crippen LogP contribution in [-0.2, 0) is 14.3 Å². The summed E-state index contributed by atoms with van der Waals surface area (Å²) in [6.07, 6.45) is 5.14. The summed E-state index contributed by atoms with van der Waals surface area (Å²) < 4.78 is 6.42. The molecule has 2 amide bonds. The van der Waals surface area contributed by atoms with Crippen LogP contribution in [0.3, 0.4) is 0 Å². The fourth-order valence-electron chi connectivity index (χ4n) is 6.52. The molecule has 5 nitrogen and oxygen atoms in total. The Hall–Kier alpha value is -3.18. The highest BCUT2D eigenvalue weighted by molar-refractivity contribution is 6.06. The van der Waals surface area contributed by atoms with Gasteiger partial charge in [-0.15, -0.1) is 0 Å². The van der Waals surface area contributed by atoms with Crippen molar-refractivity contribution in [2.75, 3.05) is 13.2 Å². The number of phenols is 1. The number of ether oxygens (including phenoxy) is 1. The number of phenolic OH excluding ortho intramolecular Hbond substituents is 1. The second-order valence-corrected chi connectivity index (χ2v) is 10.9. The number of allylic oxidation sites excluding steroid dienone is 2. The number of hydrogen-bond donors (Lipinski definition) is 1. The van der Waals surface area contributed by atoms with Crippen LogP contribution in [0.15, 0.2) is 65.7 Å². The summed E-state index contributed by atoms with van der Waals surface area (Å²) in [5, 5.41) is 9.97. The lowest BCUT2D eigenvalue weighted by Gasteiger charge is -2.33. The first-order valence-corrected chi connectivity index (χ1v) is 13.6. The third-order valence-electron chi connectivity index (χ3n) is 8.21. The molecule has 2 fully saturated rings. The standard InChI is InChI=1S/C32H37NO4/c1-4-15-33-31(35)26-18-25(20(2)3)29-27(30(26)32(33)36)19-37-28(29)14-13-23(22-10-6-5-7-11-22)16-21-9-8-12-24(34)17-21/h5-12,16-17,20,26-28,30,34H,4,13-15,18-19H2,1-3H3/b23-16-/t26-,27+,28-,30-/m1/s1. The Labute approximate surface area is 219 Å². The number of aromatic hydroxyl groups is 1. The van der Waals surface area contributed by atoms with Gasteiger partial charge in [0.25, 0.3) is 0 Å². The summed E-state index contributed by atoms with van der Waals surface area (Å²) in [5.74, 6) is 0.0468. The minimum absolute atomic E-state index is 0.000150. The van der Waals surface area contributed by atoms with E-state index in [1.807, 2.05) is 37.3 Å². The molecule has 2 aromatic rings. The zero-order chi connectivity index (χ0) is 26.1. The van der Waals surface area contributed by atoms with Crippen LogP contribution in [0.5, 0.6) is 5.75 Å². The maximum atomic E-state index is 13.3. The van der Waals surface area contributed by atoms with E-state index in [0.29, 0.717) is 25.5 Å². The Bertz CT molecular complexity index is 1230. The number of carbonyl (C=O) groups excluding carboxylic acids is 2. The molecular formula is C32H37NO4. The third-order valence-corrected chi connectivity index (χ3v) is 8.21. The van der Waals surface area contributed by atoms with E-state index in [9.17, 15) is 14.7 Å². The Morgan fingerprint density at radius 2 is 1.86 bits per heavy atom. The van der Waals surface area contributed by atoms with Gasteiger partial charge in [-0.1, -0.05) is 74.9 Å². The number of hydrogen-bond acceptors (Lipinski definition) is 4. The summed E-state index contributed by atoms with van der Waals surface area (Å²) in [6.45, 7) is 7.41. The molecule has 0 unspecified atom stereocenters. The molecule has 3 aliphatic rings. The summed E-state index contributed by atoms with van der Waals surface area (Å²) in [4.78, 5) is 28.0. The van der Waals surface area contributed by atoms with Gasteiger partial charge in [-0.25, -0.2) is 0 Å². The van der Waals surface area contributed by atoms with Gasteiger partial charge in [-0.3, -0.25) is 14.5 Å². The first kappa shape index (κ1) is 25.5. The van der Waals surface area contributed by atoms with Crippen LogP contribution in [0.4, 0.5) is 0 Å². The molecule has 5 heteroatoms. The summed E-state index contributed by atoms with van der Waals surface area (Å²) in [6, 6.07) is 17.6. The molecular weight excluding hydrogens is 462 g/mol. The van der Waals surface area contributed by atoms with Gasteiger partial charge in [0.05, 0.1) is 24.5 Å². The van der Waals surface area contributed by atoms with Crippen molar-refractivity contribution in [3.63, 3.8) is 0 Å². The average Bonchev–Trinajstić information content (AvgIpc) is 3.41. The summed E-state index contributed by atoms with van der Waals surface area (Å²) >= 11 is 0. The fourth-order valence-corrected chi connectivity index (χ4v) is 6.52. The van der Waals surface area contributed by atoms with Crippen molar-refractivity contribution in [1.82, 2.24) is 4.90 Å². The number of likely N-dealkylation sites (tertiary alicyclic amines) is 1. The van der Waals surface area contributed by atoms with E-state index < -0.39 is 0 Å². The number of amides is 2. The van der Waals surface area contributed by atoms with Gasteiger partial charge in [0.15, 0.2) is 0 Å². The number of imide groups is 1. The monoisotopic (exact) mass is 499 g/mol. The van der Waals surface area contributed by atoms with E-state index in [1.54, 1.807) is 12.1 Å². The molecule has 2 aromatic carbocycles. The van der Waals surface area contributed by atoms with Gasteiger partial charge < -0.3 is 9.84 Å². The molecule has 2 saturated heterocycles. The Morgan fingerprint density at radius 3 is 2.57 bits per heavy atom. The second-order valence-electron chi connectivity index (χ2n) is 10.9. The van der Waals surface area contributed by atoms with Crippen molar-refractivity contribution < 1.29 is 19.4 Å². The van der Waals surface area contributed by atoms with E-state index in [1.165, 1.54) is 21.6 Å². The fraction of sp³-hybridized carbons (Fsp3) is 0.438. The van der Waals surface area contributed by atoms with Crippen molar-refractivity contribution in [2.24, 2.45) is 23.7 Å². The van der Waals surface area contributed by atoms with Gasteiger partial charge in [0.2, 0.25) is 11.8 Å². The highest BCUT2D eigenvalue weighted by Crippen LogP contribution is 2.51. The predicted octanol–water partition coefficient (Wildman–Crippen LogP) is 6.10. The highest BCUT2D eigenvalue weighted by atomic mass is 16.5. The van der Waals surface area contributed by atoms with Crippen LogP contribution >= 0.6 is 0 Å². The summed E-state index contributed by atoms with van der Waals surface area (Å²) in [7, 11) is 0. The number of nitrogens with zero attached hydrogens (tertiary/aromatic N) is 1. The number of rotatable bonds is 8. The maximum absolute atomic E-state index is 13.3. The first-order valence-electron chi connectivity index (χ1n) is 13.6. The highest BCUT2D eigenvalue weighted by Gasteiger charge is 2.56. The lowest BCUT2D eigenvalue weighted by Crippen LogP contribution is -2.35.